The van der Waals surface area contributed by atoms with Crippen molar-refractivity contribution >= 4 is 5.57 Å². The Bertz CT molecular complexity index is 973. The van der Waals surface area contributed by atoms with Crippen LogP contribution in [0, 0.1) is 0 Å². The number of benzene rings is 3. The summed E-state index contributed by atoms with van der Waals surface area (Å²) in [5.41, 5.74) is 9.38. The van der Waals surface area contributed by atoms with Gasteiger partial charge in [0, 0.05) is 0 Å². The Kier molecular flexibility index (Phi) is 5.07. The summed E-state index contributed by atoms with van der Waals surface area (Å²) in [7, 11) is 0. The average molecular weight is 351 g/mol. The smallest absolute Gasteiger partial charge is 0.0137 e. The minimum absolute atomic E-state index is 0.455. The van der Waals surface area contributed by atoms with E-state index < -0.39 is 0 Å². The molecule has 4 rings (SSSR count). The van der Waals surface area contributed by atoms with E-state index >= 15 is 0 Å². The summed E-state index contributed by atoms with van der Waals surface area (Å²) in [5.74, 6) is 0.455. The summed E-state index contributed by atoms with van der Waals surface area (Å²) in [4.78, 5) is 0. The van der Waals surface area contributed by atoms with Crippen LogP contribution < -0.4 is 0 Å². The molecule has 0 heterocycles. The molecule has 0 aliphatic heterocycles. The zero-order valence-electron chi connectivity index (χ0n) is 16.2. The number of rotatable bonds is 4. The molecule has 0 amide bonds. The van der Waals surface area contributed by atoms with E-state index in [4.69, 9.17) is 0 Å². The number of allylic oxidation sites excluding steroid dienone is 4. The van der Waals surface area contributed by atoms with E-state index in [1.54, 1.807) is 0 Å². The highest BCUT2D eigenvalue weighted by molar-refractivity contribution is 5.87. The molecule has 1 aliphatic rings. The van der Waals surface area contributed by atoms with Gasteiger partial charge in [-0.25, -0.2) is 0 Å². The first kappa shape index (κ1) is 17.5. The fourth-order valence-corrected chi connectivity index (χ4v) is 3.98. The fraction of sp³-hybridized carbons (Fsp3) is 0.185. The van der Waals surface area contributed by atoms with Crippen LogP contribution >= 0.6 is 0 Å². The maximum Gasteiger partial charge on any atom is -0.0137 e. The van der Waals surface area contributed by atoms with Gasteiger partial charge in [-0.1, -0.05) is 92.7 Å². The first-order chi connectivity index (χ1) is 13.2. The molecule has 0 unspecified atom stereocenters. The summed E-state index contributed by atoms with van der Waals surface area (Å²) in [6, 6.07) is 26.3. The highest BCUT2D eigenvalue weighted by Gasteiger charge is 2.18. The van der Waals surface area contributed by atoms with Crippen molar-refractivity contribution in [2.45, 2.75) is 32.6 Å². The third-order valence-electron chi connectivity index (χ3n) is 5.26. The van der Waals surface area contributed by atoms with E-state index in [0.717, 1.165) is 12.8 Å². The van der Waals surface area contributed by atoms with Gasteiger partial charge in [0.2, 0.25) is 0 Å². The Balaban J connectivity index is 2.01. The third-order valence-corrected chi connectivity index (χ3v) is 5.26. The van der Waals surface area contributed by atoms with Gasteiger partial charge in [-0.05, 0) is 69.8 Å². The van der Waals surface area contributed by atoms with Crippen molar-refractivity contribution < 1.29 is 0 Å². The van der Waals surface area contributed by atoms with E-state index in [2.05, 4.69) is 105 Å². The van der Waals surface area contributed by atoms with E-state index in [1.807, 2.05) is 0 Å². The molecule has 1 aliphatic carbocycles. The molecular weight excluding hydrogens is 324 g/mol. The standard InChI is InChI=1S/C27H26/c1-20(2)27-25(22-14-8-4-9-15-22)18-24(21-12-6-3-7-13-21)19-26(27)23-16-10-5-11-17-23/h3-4,6-10,12-20H,5,11H2,1-2H3. The molecule has 0 fully saturated rings. The Morgan fingerprint density at radius 3 is 1.89 bits per heavy atom. The molecule has 0 spiro atoms. The van der Waals surface area contributed by atoms with Crippen LogP contribution in [0.15, 0.2) is 91.0 Å². The fourth-order valence-electron chi connectivity index (χ4n) is 3.98. The van der Waals surface area contributed by atoms with Gasteiger partial charge in [0.05, 0.1) is 0 Å². The Labute approximate surface area is 162 Å². The van der Waals surface area contributed by atoms with Crippen molar-refractivity contribution in [3.05, 3.63) is 102 Å². The van der Waals surface area contributed by atoms with Crippen LogP contribution in [-0.4, -0.2) is 0 Å². The predicted octanol–water partition coefficient (Wildman–Crippen LogP) is 7.88. The summed E-state index contributed by atoms with van der Waals surface area (Å²) in [6.45, 7) is 4.61. The van der Waals surface area contributed by atoms with Gasteiger partial charge in [0.15, 0.2) is 0 Å². The van der Waals surface area contributed by atoms with Crippen LogP contribution in [-0.2, 0) is 0 Å². The van der Waals surface area contributed by atoms with Crippen LogP contribution in [0.5, 0.6) is 0 Å². The minimum atomic E-state index is 0.455. The van der Waals surface area contributed by atoms with E-state index in [9.17, 15) is 0 Å². The number of hydrogen-bond acceptors (Lipinski definition) is 0. The van der Waals surface area contributed by atoms with Gasteiger partial charge in [-0.2, -0.15) is 0 Å². The Morgan fingerprint density at radius 1 is 0.667 bits per heavy atom. The third kappa shape index (κ3) is 3.66. The SMILES string of the molecule is CC(C)c1c(C2=CCCC=C2)cc(-c2ccccc2)cc1-c1ccccc1. The van der Waals surface area contributed by atoms with Crippen LogP contribution in [0.4, 0.5) is 0 Å². The second-order valence-electron chi connectivity index (χ2n) is 7.51. The second-order valence-corrected chi connectivity index (χ2v) is 7.51. The maximum atomic E-state index is 2.39. The molecule has 0 atom stereocenters. The van der Waals surface area contributed by atoms with Gasteiger partial charge >= 0.3 is 0 Å². The molecule has 3 aromatic carbocycles. The minimum Gasteiger partial charge on any atom is -0.0836 e. The summed E-state index contributed by atoms with van der Waals surface area (Å²) in [5, 5.41) is 0. The molecule has 0 bridgehead atoms. The van der Waals surface area contributed by atoms with E-state index in [-0.39, 0.29) is 0 Å². The molecule has 0 N–H and O–H groups in total. The molecule has 0 saturated heterocycles. The summed E-state index contributed by atoms with van der Waals surface area (Å²) >= 11 is 0. The zero-order chi connectivity index (χ0) is 18.6. The lowest BCUT2D eigenvalue weighted by atomic mass is 9.82. The molecule has 134 valence electrons. The van der Waals surface area contributed by atoms with Crippen molar-refractivity contribution in [2.24, 2.45) is 0 Å². The second kappa shape index (κ2) is 7.80. The lowest BCUT2D eigenvalue weighted by molar-refractivity contribution is 0.865. The van der Waals surface area contributed by atoms with Crippen LogP contribution in [0.1, 0.15) is 43.7 Å². The first-order valence-electron chi connectivity index (χ1n) is 9.90. The monoisotopic (exact) mass is 350 g/mol. The topological polar surface area (TPSA) is 0 Å². The van der Waals surface area contributed by atoms with E-state index in [1.165, 1.54) is 39.0 Å². The Hall–Kier alpha value is -2.86. The number of hydrogen-bond donors (Lipinski definition) is 0. The predicted molar refractivity (Wildman–Crippen MR) is 118 cm³/mol. The maximum absolute atomic E-state index is 2.39. The molecule has 27 heavy (non-hydrogen) atoms. The molecular formula is C27H26. The van der Waals surface area contributed by atoms with Gasteiger partial charge in [0.1, 0.15) is 0 Å². The largest absolute Gasteiger partial charge is 0.0836 e. The molecule has 0 aromatic heterocycles. The lowest BCUT2D eigenvalue weighted by Crippen LogP contribution is -2.01. The van der Waals surface area contributed by atoms with Crippen molar-refractivity contribution in [1.82, 2.24) is 0 Å². The average Bonchev–Trinajstić information content (AvgIpc) is 2.74. The van der Waals surface area contributed by atoms with E-state index in [0.29, 0.717) is 5.92 Å². The molecule has 0 saturated carbocycles. The van der Waals surface area contributed by atoms with Crippen molar-refractivity contribution in [3.8, 4) is 22.3 Å². The van der Waals surface area contributed by atoms with Crippen molar-refractivity contribution in [1.29, 1.82) is 0 Å². The quantitative estimate of drug-likeness (QED) is 0.449. The molecule has 3 aromatic rings. The van der Waals surface area contributed by atoms with Gasteiger partial charge in [-0.3, -0.25) is 0 Å². The molecule has 0 radical (unpaired) electrons. The van der Waals surface area contributed by atoms with Crippen LogP contribution in [0.25, 0.3) is 27.8 Å². The highest BCUT2D eigenvalue weighted by Crippen LogP contribution is 2.40. The van der Waals surface area contributed by atoms with Crippen molar-refractivity contribution in [3.63, 3.8) is 0 Å². The van der Waals surface area contributed by atoms with Crippen molar-refractivity contribution in [2.75, 3.05) is 0 Å². The first-order valence-corrected chi connectivity index (χ1v) is 9.90. The van der Waals surface area contributed by atoms with Gasteiger partial charge in [-0.15, -0.1) is 0 Å². The van der Waals surface area contributed by atoms with Crippen LogP contribution in [0.2, 0.25) is 0 Å². The van der Waals surface area contributed by atoms with Gasteiger partial charge < -0.3 is 0 Å². The highest BCUT2D eigenvalue weighted by atomic mass is 14.2. The van der Waals surface area contributed by atoms with Gasteiger partial charge in [0.25, 0.3) is 0 Å². The lowest BCUT2D eigenvalue weighted by Gasteiger charge is -2.22. The summed E-state index contributed by atoms with van der Waals surface area (Å²) < 4.78 is 0. The zero-order valence-corrected chi connectivity index (χ0v) is 16.2. The molecule has 0 nitrogen and oxygen atoms in total. The summed E-state index contributed by atoms with van der Waals surface area (Å²) in [6.07, 6.45) is 9.26. The normalized spacial score (nSPS) is 13.7. The van der Waals surface area contributed by atoms with Crippen LogP contribution in [0.3, 0.4) is 0 Å². The Morgan fingerprint density at radius 2 is 1.30 bits per heavy atom. The molecule has 0 heteroatoms.